The van der Waals surface area contributed by atoms with Gasteiger partial charge in [-0.2, -0.15) is 0 Å². The monoisotopic (exact) mass is 683 g/mol. The van der Waals surface area contributed by atoms with Gasteiger partial charge in [-0.05, 0) is 51.7 Å². The van der Waals surface area contributed by atoms with E-state index in [4.69, 9.17) is 9.47 Å². The maximum atomic E-state index is 14.0. The number of rotatable bonds is 10. The number of fused-ring (bicyclic) bond motifs is 1. The Kier molecular flexibility index (Phi) is 9.34. The molecule has 0 aliphatic carbocycles. The summed E-state index contributed by atoms with van der Waals surface area (Å²) in [6.07, 6.45) is -0.808. The van der Waals surface area contributed by atoms with Crippen LogP contribution in [0.4, 0.5) is 0 Å². The fourth-order valence-corrected chi connectivity index (χ4v) is 9.16. The predicted octanol–water partition coefficient (Wildman–Crippen LogP) is 6.01. The SMILES string of the molecule is CO[C@H]1C(=O)N2C(C(=O)C(C)(C)C)=C(C)C(Cc3ccc(C(=O)OC(c4ccccc4)c4ccccc4)cc3)(Sc3nnnn3C)S[C@@H]12. The highest BCUT2D eigenvalue weighted by atomic mass is 32.2. The number of esters is 1. The molecule has 0 saturated carbocycles. The quantitative estimate of drug-likeness (QED) is 0.145. The number of thioether (sulfide) groups is 2. The van der Waals surface area contributed by atoms with Gasteiger partial charge in [0.05, 0.1) is 15.3 Å². The number of aryl methyl sites for hydroxylation is 1. The van der Waals surface area contributed by atoms with Crippen LogP contribution in [0.25, 0.3) is 0 Å². The Balaban J connectivity index is 1.34. The lowest BCUT2D eigenvalue weighted by atomic mass is 9.84. The summed E-state index contributed by atoms with van der Waals surface area (Å²) in [5.41, 5.74) is 3.49. The van der Waals surface area contributed by atoms with E-state index in [9.17, 15) is 14.4 Å². The number of hydrogen-bond acceptors (Lipinski definition) is 10. The second-order valence-corrected chi connectivity index (χ2v) is 15.8. The van der Waals surface area contributed by atoms with Crippen molar-refractivity contribution in [2.24, 2.45) is 12.5 Å². The van der Waals surface area contributed by atoms with Crippen LogP contribution < -0.4 is 0 Å². The van der Waals surface area contributed by atoms with Crippen molar-refractivity contribution in [2.45, 2.75) is 60.9 Å². The molecule has 0 bridgehead atoms. The summed E-state index contributed by atoms with van der Waals surface area (Å²) < 4.78 is 12.5. The van der Waals surface area contributed by atoms with Crippen molar-refractivity contribution < 1.29 is 23.9 Å². The van der Waals surface area contributed by atoms with Gasteiger partial charge in [0.2, 0.25) is 5.16 Å². The van der Waals surface area contributed by atoms with Crippen LogP contribution in [0.15, 0.2) is 101 Å². The van der Waals surface area contributed by atoms with Crippen LogP contribution in [0.2, 0.25) is 0 Å². The lowest BCUT2D eigenvalue weighted by molar-refractivity contribution is -0.160. The Morgan fingerprint density at radius 2 is 1.58 bits per heavy atom. The van der Waals surface area contributed by atoms with Gasteiger partial charge in [-0.1, -0.05) is 105 Å². The van der Waals surface area contributed by atoms with Crippen LogP contribution in [0.1, 0.15) is 60.8 Å². The van der Waals surface area contributed by atoms with Crippen molar-refractivity contribution in [3.05, 3.63) is 118 Å². The molecule has 48 heavy (non-hydrogen) atoms. The number of aromatic nitrogens is 4. The smallest absolute Gasteiger partial charge is 0.339 e. The lowest BCUT2D eigenvalue weighted by Gasteiger charge is -2.55. The average Bonchev–Trinajstić information content (AvgIpc) is 3.48. The van der Waals surface area contributed by atoms with Crippen LogP contribution in [-0.4, -0.2) is 65.4 Å². The summed E-state index contributed by atoms with van der Waals surface area (Å²) in [4.78, 5) is 42.3. The first kappa shape index (κ1) is 33.6. The normalized spacial score (nSPS) is 20.8. The zero-order chi connectivity index (χ0) is 34.2. The highest BCUT2D eigenvalue weighted by Gasteiger charge is 2.60. The van der Waals surface area contributed by atoms with Gasteiger partial charge in [-0.15, -0.1) is 16.9 Å². The Hall–Kier alpha value is -4.26. The molecule has 2 aliphatic heterocycles. The Bertz CT molecular complexity index is 1820. The minimum absolute atomic E-state index is 0.126. The molecule has 10 nitrogen and oxygen atoms in total. The number of tetrazole rings is 1. The van der Waals surface area contributed by atoms with Crippen LogP contribution in [0.3, 0.4) is 0 Å². The van der Waals surface area contributed by atoms with Gasteiger partial charge in [0.25, 0.3) is 5.91 Å². The first-order valence-electron chi connectivity index (χ1n) is 15.5. The molecule has 2 aliphatic rings. The largest absolute Gasteiger partial charge is 0.449 e. The van der Waals surface area contributed by atoms with E-state index in [1.54, 1.807) is 40.5 Å². The van der Waals surface area contributed by atoms with Gasteiger partial charge in [0, 0.05) is 26.0 Å². The fourth-order valence-electron chi connectivity index (χ4n) is 5.84. The second-order valence-electron chi connectivity index (χ2n) is 12.8. The number of β-lactam (4-membered cyclic amide) rings is 1. The number of allylic oxidation sites excluding steroid dienone is 1. The van der Waals surface area contributed by atoms with E-state index in [1.807, 2.05) is 100 Å². The summed E-state index contributed by atoms with van der Waals surface area (Å²) in [6, 6.07) is 26.6. The summed E-state index contributed by atoms with van der Waals surface area (Å²) in [6.45, 7) is 7.46. The maximum absolute atomic E-state index is 14.0. The molecule has 3 aromatic carbocycles. The van der Waals surface area contributed by atoms with Crippen LogP contribution in [0, 0.1) is 5.41 Å². The van der Waals surface area contributed by atoms with E-state index >= 15 is 0 Å². The van der Waals surface area contributed by atoms with Gasteiger partial charge < -0.3 is 9.47 Å². The molecule has 6 rings (SSSR count). The number of nitrogens with zero attached hydrogens (tertiary/aromatic N) is 5. The number of benzene rings is 3. The van der Waals surface area contributed by atoms with E-state index in [1.165, 1.54) is 18.9 Å². The number of carbonyl (C=O) groups excluding carboxylic acids is 3. The third-order valence-corrected chi connectivity index (χ3v) is 11.9. The molecule has 0 spiro atoms. The molecule has 3 heterocycles. The standard InChI is InChI=1S/C36H37N5O5S2/c1-22-27(30(42)35(2,3)4)41-31(43)29(45-6)32(41)47-36(22,48-34-37-38-39-40(34)5)21-23-17-19-26(20-18-23)33(44)46-28(24-13-9-7-10-14-24)25-15-11-8-12-16-25/h7-20,28-29,32H,21H2,1-6H3/t29-,32-,36?/m0/s1. The number of methoxy groups -OCH3 is 1. The van der Waals surface area contributed by atoms with Crippen LogP contribution in [0.5, 0.6) is 0 Å². The van der Waals surface area contributed by atoms with Gasteiger partial charge in [0.1, 0.15) is 5.37 Å². The highest BCUT2D eigenvalue weighted by molar-refractivity contribution is 8.18. The van der Waals surface area contributed by atoms with E-state index in [-0.39, 0.29) is 11.7 Å². The first-order chi connectivity index (χ1) is 22.9. The molecular formula is C36H37N5O5S2. The summed E-state index contributed by atoms with van der Waals surface area (Å²) in [7, 11) is 3.27. The van der Waals surface area contributed by atoms with Crippen molar-refractivity contribution in [3.8, 4) is 0 Å². The molecule has 1 unspecified atom stereocenters. The molecule has 3 atom stereocenters. The lowest BCUT2D eigenvalue weighted by Crippen LogP contribution is -2.68. The molecule has 1 fully saturated rings. The number of carbonyl (C=O) groups is 3. The maximum Gasteiger partial charge on any atom is 0.339 e. The van der Waals surface area contributed by atoms with Crippen molar-refractivity contribution in [2.75, 3.05) is 7.11 Å². The van der Waals surface area contributed by atoms with Crippen molar-refractivity contribution in [1.82, 2.24) is 25.1 Å². The molecule has 248 valence electrons. The van der Waals surface area contributed by atoms with Gasteiger partial charge in [-0.25, -0.2) is 9.48 Å². The minimum Gasteiger partial charge on any atom is -0.449 e. The van der Waals surface area contributed by atoms with Crippen LogP contribution in [-0.2, 0) is 32.5 Å². The number of Topliss-reactive ketones (excluding diaryl/α,β-unsaturated/α-hetero) is 1. The average molecular weight is 684 g/mol. The van der Waals surface area contributed by atoms with Gasteiger partial charge in [-0.3, -0.25) is 14.5 Å². The topological polar surface area (TPSA) is 117 Å². The number of amides is 1. The summed E-state index contributed by atoms with van der Waals surface area (Å²) in [5.74, 6) is -0.798. The zero-order valence-electron chi connectivity index (χ0n) is 27.6. The zero-order valence-corrected chi connectivity index (χ0v) is 29.2. The van der Waals surface area contributed by atoms with Gasteiger partial charge in [0.15, 0.2) is 18.0 Å². The molecule has 0 radical (unpaired) electrons. The van der Waals surface area contributed by atoms with Crippen molar-refractivity contribution in [1.29, 1.82) is 0 Å². The highest BCUT2D eigenvalue weighted by Crippen LogP contribution is 2.59. The first-order valence-corrected chi connectivity index (χ1v) is 17.2. The predicted molar refractivity (Wildman–Crippen MR) is 184 cm³/mol. The van der Waals surface area contributed by atoms with Crippen LogP contribution >= 0.6 is 23.5 Å². The van der Waals surface area contributed by atoms with Gasteiger partial charge >= 0.3 is 5.97 Å². The van der Waals surface area contributed by atoms with Crippen molar-refractivity contribution >= 4 is 41.2 Å². The van der Waals surface area contributed by atoms with E-state index in [2.05, 4.69) is 15.5 Å². The van der Waals surface area contributed by atoms with Crippen molar-refractivity contribution in [3.63, 3.8) is 0 Å². The molecular weight excluding hydrogens is 647 g/mol. The van der Waals surface area contributed by atoms with E-state index < -0.39 is 33.0 Å². The number of ketones is 1. The summed E-state index contributed by atoms with van der Waals surface area (Å²) in [5, 5.41) is 12.3. The van der Waals surface area contributed by atoms with E-state index in [0.717, 1.165) is 22.3 Å². The molecule has 12 heteroatoms. The molecule has 1 amide bonds. The molecule has 1 aromatic heterocycles. The Morgan fingerprint density at radius 3 is 2.10 bits per heavy atom. The number of hydrogen-bond donors (Lipinski definition) is 0. The second kappa shape index (κ2) is 13.3. The molecule has 1 saturated heterocycles. The number of ether oxygens (including phenoxy) is 2. The van der Waals surface area contributed by atoms with E-state index in [0.29, 0.717) is 22.8 Å². The Morgan fingerprint density at radius 1 is 0.979 bits per heavy atom. The third kappa shape index (κ3) is 6.31. The molecule has 4 aromatic rings. The molecule has 0 N–H and O–H groups in total. The minimum atomic E-state index is -0.787. The fraction of sp³-hybridized carbons (Fsp3) is 0.333. The third-order valence-electron chi connectivity index (χ3n) is 8.52. The Labute approximate surface area is 288 Å². The summed E-state index contributed by atoms with van der Waals surface area (Å²) >= 11 is 3.00.